The molecule has 4 rings (SSSR count). The molecule has 0 aromatic heterocycles. The van der Waals surface area contributed by atoms with Crippen molar-refractivity contribution in [1.29, 1.82) is 0 Å². The van der Waals surface area contributed by atoms with Gasteiger partial charge in [0.2, 0.25) is 0 Å². The van der Waals surface area contributed by atoms with E-state index in [1.165, 1.54) is 44.1 Å². The second kappa shape index (κ2) is 8.76. The average Bonchev–Trinajstić information content (AvgIpc) is 3.49. The molecule has 0 aromatic rings. The molecule has 166 valence electrons. The molecule has 3 N–H and O–H groups in total. The van der Waals surface area contributed by atoms with Crippen LogP contribution in [-0.2, 0) is 0 Å². The Morgan fingerprint density at radius 1 is 1.10 bits per heavy atom. The van der Waals surface area contributed by atoms with Gasteiger partial charge in [-0.3, -0.25) is 0 Å². The fraction of sp³-hybridized carbons (Fsp3) is 0.704. The van der Waals surface area contributed by atoms with Crippen LogP contribution in [0.1, 0.15) is 71.6 Å². The molecule has 3 heteroatoms. The smallest absolute Gasteiger partial charge is 0.0811 e. The second-order valence-electron chi connectivity index (χ2n) is 10.7. The minimum atomic E-state index is -0.621. The van der Waals surface area contributed by atoms with Crippen molar-refractivity contribution in [3.63, 3.8) is 0 Å². The number of hydrogen-bond donors (Lipinski definition) is 3. The molecule has 0 radical (unpaired) electrons. The summed E-state index contributed by atoms with van der Waals surface area (Å²) in [6.07, 6.45) is 16.9. The molecule has 0 spiro atoms. The molecule has 4 saturated carbocycles. The lowest BCUT2D eigenvalue weighted by molar-refractivity contribution is 0.0862. The zero-order chi connectivity index (χ0) is 21.5. The summed E-state index contributed by atoms with van der Waals surface area (Å²) in [7, 11) is 0. The average molecular weight is 413 g/mol. The molecule has 0 saturated heterocycles. The Morgan fingerprint density at radius 3 is 2.60 bits per heavy atom. The molecule has 0 unspecified atom stereocenters. The van der Waals surface area contributed by atoms with Gasteiger partial charge in [-0.05, 0) is 91.6 Å². The molecular formula is C27H40O3. The number of aliphatic hydroxyl groups excluding tert-OH is 3. The number of hydrogen-bond acceptors (Lipinski definition) is 3. The van der Waals surface area contributed by atoms with Crippen molar-refractivity contribution in [2.75, 3.05) is 0 Å². The van der Waals surface area contributed by atoms with Crippen LogP contribution in [-0.4, -0.2) is 33.6 Å². The topological polar surface area (TPSA) is 60.7 Å². The van der Waals surface area contributed by atoms with Crippen LogP contribution in [0.4, 0.5) is 0 Å². The van der Waals surface area contributed by atoms with Crippen molar-refractivity contribution in [3.8, 4) is 0 Å². The minimum absolute atomic E-state index is 0.250. The van der Waals surface area contributed by atoms with Gasteiger partial charge in [-0.2, -0.15) is 0 Å². The maximum atomic E-state index is 10.2. The Labute approximate surface area is 182 Å². The van der Waals surface area contributed by atoms with E-state index in [0.717, 1.165) is 17.6 Å². The van der Waals surface area contributed by atoms with E-state index in [2.05, 4.69) is 44.7 Å². The van der Waals surface area contributed by atoms with Crippen molar-refractivity contribution < 1.29 is 15.3 Å². The van der Waals surface area contributed by atoms with Crippen molar-refractivity contribution in [2.45, 2.75) is 89.9 Å². The summed E-state index contributed by atoms with van der Waals surface area (Å²) in [5.74, 6) is 2.28. The van der Waals surface area contributed by atoms with Gasteiger partial charge in [0.15, 0.2) is 0 Å². The molecular weight excluding hydrogens is 372 g/mol. The van der Waals surface area contributed by atoms with E-state index in [9.17, 15) is 15.3 Å². The first-order valence-electron chi connectivity index (χ1n) is 12.1. The van der Waals surface area contributed by atoms with Crippen LogP contribution < -0.4 is 0 Å². The number of rotatable bonds is 5. The number of allylic oxidation sites excluding steroid dienone is 4. The first-order chi connectivity index (χ1) is 14.3. The molecule has 0 aliphatic heterocycles. The highest BCUT2D eigenvalue weighted by molar-refractivity contribution is 5.38. The summed E-state index contributed by atoms with van der Waals surface area (Å²) in [5, 5.41) is 30.4. The lowest BCUT2D eigenvalue weighted by Gasteiger charge is -2.44. The Balaban J connectivity index is 1.48. The molecule has 0 aromatic carbocycles. The zero-order valence-electron chi connectivity index (χ0n) is 18.8. The standard InChI is InChI=1S/C27H40O3/c1-17(6-13-25(29)20-8-9-20)23-11-12-24-19(5-4-14-27(23,24)3)7-10-21-15-22(28)16-26(30)18(21)2/h6-7,10,13,17,20,22-26,28-30H,2,4-5,8-9,11-12,14-16H2,1,3H3/b13-6+,19-7+,21-10-/t17-,22-,23-,24+,25+,26+,27-/m1/s1. The van der Waals surface area contributed by atoms with Gasteiger partial charge in [0.25, 0.3) is 0 Å². The molecule has 4 fully saturated rings. The molecule has 4 aliphatic rings. The van der Waals surface area contributed by atoms with E-state index in [0.29, 0.717) is 41.9 Å². The van der Waals surface area contributed by atoms with Crippen LogP contribution in [0.5, 0.6) is 0 Å². The molecule has 7 atom stereocenters. The van der Waals surface area contributed by atoms with Crippen LogP contribution in [0.25, 0.3) is 0 Å². The van der Waals surface area contributed by atoms with Crippen molar-refractivity contribution in [2.24, 2.45) is 29.1 Å². The maximum Gasteiger partial charge on any atom is 0.0811 e. The van der Waals surface area contributed by atoms with Crippen molar-refractivity contribution in [3.05, 3.63) is 47.6 Å². The van der Waals surface area contributed by atoms with E-state index in [1.54, 1.807) is 0 Å². The quantitative estimate of drug-likeness (QED) is 0.551. The van der Waals surface area contributed by atoms with Crippen LogP contribution in [0, 0.1) is 29.1 Å². The van der Waals surface area contributed by atoms with E-state index < -0.39 is 12.2 Å². The lowest BCUT2D eigenvalue weighted by Crippen LogP contribution is -2.35. The monoisotopic (exact) mass is 412 g/mol. The highest BCUT2D eigenvalue weighted by atomic mass is 16.3. The molecule has 30 heavy (non-hydrogen) atoms. The van der Waals surface area contributed by atoms with Gasteiger partial charge in [-0.1, -0.05) is 50.3 Å². The van der Waals surface area contributed by atoms with E-state index >= 15 is 0 Å². The summed E-state index contributed by atoms with van der Waals surface area (Å²) in [6, 6.07) is 0. The third-order valence-electron chi connectivity index (χ3n) is 8.65. The Kier molecular flexibility index (Phi) is 6.44. The molecule has 0 heterocycles. The minimum Gasteiger partial charge on any atom is -0.393 e. The predicted octanol–water partition coefficient (Wildman–Crippen LogP) is 5.09. The van der Waals surface area contributed by atoms with Crippen molar-refractivity contribution >= 4 is 0 Å². The largest absolute Gasteiger partial charge is 0.393 e. The normalized spacial score (nSPS) is 42.1. The fourth-order valence-electron chi connectivity index (χ4n) is 6.63. The number of aliphatic hydroxyl groups is 3. The first-order valence-corrected chi connectivity index (χ1v) is 12.1. The fourth-order valence-corrected chi connectivity index (χ4v) is 6.63. The maximum absolute atomic E-state index is 10.2. The van der Waals surface area contributed by atoms with Crippen LogP contribution >= 0.6 is 0 Å². The predicted molar refractivity (Wildman–Crippen MR) is 122 cm³/mol. The van der Waals surface area contributed by atoms with Crippen LogP contribution in [0.15, 0.2) is 47.6 Å². The lowest BCUT2D eigenvalue weighted by atomic mass is 9.61. The zero-order valence-corrected chi connectivity index (χ0v) is 18.8. The Morgan fingerprint density at radius 2 is 1.87 bits per heavy atom. The Hall–Kier alpha value is -1.16. The molecule has 0 bridgehead atoms. The summed E-state index contributed by atoms with van der Waals surface area (Å²) in [6.45, 7) is 8.88. The highest BCUT2D eigenvalue weighted by Gasteiger charge is 2.50. The van der Waals surface area contributed by atoms with Gasteiger partial charge < -0.3 is 15.3 Å². The van der Waals surface area contributed by atoms with Gasteiger partial charge in [-0.15, -0.1) is 0 Å². The van der Waals surface area contributed by atoms with Gasteiger partial charge >= 0.3 is 0 Å². The highest BCUT2D eigenvalue weighted by Crippen LogP contribution is 2.59. The van der Waals surface area contributed by atoms with Gasteiger partial charge in [-0.25, -0.2) is 0 Å². The summed E-state index contributed by atoms with van der Waals surface area (Å²) < 4.78 is 0. The SMILES string of the molecule is C=C1/C(=C\C=C2/CCC[C@]3(C)[C@@H]([C@H](C)/C=C/[C@H](O)C4CC4)CC[C@@H]23)C[C@@H](O)C[C@@H]1O. The number of fused-ring (bicyclic) bond motifs is 1. The van der Waals surface area contributed by atoms with E-state index in [4.69, 9.17) is 0 Å². The van der Waals surface area contributed by atoms with Gasteiger partial charge in [0.1, 0.15) is 0 Å². The van der Waals surface area contributed by atoms with E-state index in [-0.39, 0.29) is 6.10 Å². The van der Waals surface area contributed by atoms with E-state index in [1.807, 2.05) is 0 Å². The molecule has 3 nitrogen and oxygen atoms in total. The first kappa shape index (κ1) is 22.0. The summed E-state index contributed by atoms with van der Waals surface area (Å²) in [4.78, 5) is 0. The summed E-state index contributed by atoms with van der Waals surface area (Å²) in [5.41, 5.74) is 3.63. The third-order valence-corrected chi connectivity index (χ3v) is 8.65. The van der Waals surface area contributed by atoms with Gasteiger partial charge in [0, 0.05) is 6.42 Å². The van der Waals surface area contributed by atoms with Crippen LogP contribution in [0.2, 0.25) is 0 Å². The molecule has 0 amide bonds. The van der Waals surface area contributed by atoms with Crippen molar-refractivity contribution in [1.82, 2.24) is 0 Å². The summed E-state index contributed by atoms with van der Waals surface area (Å²) >= 11 is 0. The third kappa shape index (κ3) is 4.40. The Bertz CT molecular complexity index is 743. The van der Waals surface area contributed by atoms with Gasteiger partial charge in [0.05, 0.1) is 18.3 Å². The van der Waals surface area contributed by atoms with Crippen LogP contribution in [0.3, 0.4) is 0 Å². The molecule has 4 aliphatic carbocycles. The second-order valence-corrected chi connectivity index (χ2v) is 10.7.